The van der Waals surface area contributed by atoms with Gasteiger partial charge in [-0.3, -0.25) is 0 Å². The van der Waals surface area contributed by atoms with Gasteiger partial charge in [-0.2, -0.15) is 11.8 Å². The molecule has 26 heavy (non-hydrogen) atoms. The van der Waals surface area contributed by atoms with Gasteiger partial charge in [0.05, 0.1) is 14.2 Å². The van der Waals surface area contributed by atoms with Gasteiger partial charge in [0, 0.05) is 24.1 Å². The van der Waals surface area contributed by atoms with E-state index >= 15 is 0 Å². The lowest BCUT2D eigenvalue weighted by Gasteiger charge is -2.13. The smallest absolute Gasteiger partial charge is 0.170 e. The number of benzene rings is 2. The van der Waals surface area contributed by atoms with Crippen molar-refractivity contribution in [3.63, 3.8) is 0 Å². The molecule has 2 aromatic carbocycles. The number of hydrogen-bond donors (Lipinski definition) is 2. The van der Waals surface area contributed by atoms with Gasteiger partial charge >= 0.3 is 0 Å². The van der Waals surface area contributed by atoms with Crippen molar-refractivity contribution >= 4 is 34.8 Å². The third-order valence-electron chi connectivity index (χ3n) is 3.91. The molecule has 0 aliphatic carbocycles. The molecule has 0 aromatic heterocycles. The fourth-order valence-electron chi connectivity index (χ4n) is 2.42. The third kappa shape index (κ3) is 6.42. The van der Waals surface area contributed by atoms with Crippen LogP contribution in [0.25, 0.3) is 0 Å². The number of ether oxygens (including phenoxy) is 2. The van der Waals surface area contributed by atoms with Crippen molar-refractivity contribution in [2.24, 2.45) is 0 Å². The van der Waals surface area contributed by atoms with Crippen molar-refractivity contribution in [1.29, 1.82) is 0 Å². The van der Waals surface area contributed by atoms with E-state index < -0.39 is 0 Å². The van der Waals surface area contributed by atoms with Crippen molar-refractivity contribution in [3.8, 4) is 11.5 Å². The number of thioether (sulfide) groups is 1. The van der Waals surface area contributed by atoms with Gasteiger partial charge in [-0.25, -0.2) is 0 Å². The minimum absolute atomic E-state index is 0.612. The zero-order valence-electron chi connectivity index (χ0n) is 15.5. The molecule has 0 saturated heterocycles. The summed E-state index contributed by atoms with van der Waals surface area (Å²) in [6.07, 6.45) is 1.06. The van der Waals surface area contributed by atoms with Gasteiger partial charge in [-0.1, -0.05) is 24.3 Å². The maximum absolute atomic E-state index is 5.35. The molecule has 6 heteroatoms. The monoisotopic (exact) mass is 390 g/mol. The summed E-state index contributed by atoms with van der Waals surface area (Å²) >= 11 is 7.30. The van der Waals surface area contributed by atoms with Crippen LogP contribution in [0, 0.1) is 6.92 Å². The van der Waals surface area contributed by atoms with E-state index in [1.807, 2.05) is 30.0 Å². The fourth-order valence-corrected chi connectivity index (χ4v) is 3.68. The van der Waals surface area contributed by atoms with Gasteiger partial charge in [0.25, 0.3) is 0 Å². The van der Waals surface area contributed by atoms with Gasteiger partial charge in [-0.05, 0) is 54.6 Å². The molecule has 0 saturated carbocycles. The summed E-state index contributed by atoms with van der Waals surface area (Å²) < 4.78 is 10.5. The van der Waals surface area contributed by atoms with E-state index in [9.17, 15) is 0 Å². The van der Waals surface area contributed by atoms with Crippen molar-refractivity contribution in [1.82, 2.24) is 5.32 Å². The Balaban J connectivity index is 1.65. The highest BCUT2D eigenvalue weighted by Gasteiger charge is 2.05. The predicted molar refractivity (Wildman–Crippen MR) is 116 cm³/mol. The summed E-state index contributed by atoms with van der Waals surface area (Å²) in [4.78, 5) is 0. The summed E-state index contributed by atoms with van der Waals surface area (Å²) in [5, 5.41) is 7.02. The van der Waals surface area contributed by atoms with Gasteiger partial charge in [0.15, 0.2) is 16.6 Å². The minimum atomic E-state index is 0.612. The molecule has 0 bridgehead atoms. The molecular formula is C20H26N2O2S2. The summed E-state index contributed by atoms with van der Waals surface area (Å²) in [6, 6.07) is 14.2. The van der Waals surface area contributed by atoms with Crippen LogP contribution >= 0.6 is 24.0 Å². The van der Waals surface area contributed by atoms with Crippen molar-refractivity contribution in [3.05, 3.63) is 53.6 Å². The lowest BCUT2D eigenvalue weighted by Crippen LogP contribution is -2.29. The first-order chi connectivity index (χ1) is 12.6. The molecule has 0 atom stereocenters. The standard InChI is InChI=1S/C20H26N2O2S2/c1-15-7-4-5-8-16(15)14-26-12-6-11-21-20(25)22-17-9-10-18(23-2)19(13-17)24-3/h4-5,7-10,13H,6,11-12,14H2,1-3H3,(H2,21,22,25). The van der Waals surface area contributed by atoms with E-state index in [2.05, 4.69) is 41.8 Å². The molecule has 0 amide bonds. The van der Waals surface area contributed by atoms with Crippen molar-refractivity contribution in [2.45, 2.75) is 19.1 Å². The number of nitrogens with one attached hydrogen (secondary N) is 2. The second-order valence-corrected chi connectivity index (χ2v) is 7.30. The van der Waals surface area contributed by atoms with Gasteiger partial charge in [0.1, 0.15) is 0 Å². The molecule has 0 heterocycles. The lowest BCUT2D eigenvalue weighted by molar-refractivity contribution is 0.355. The Kier molecular flexibility index (Phi) is 8.58. The van der Waals surface area contributed by atoms with E-state index in [-0.39, 0.29) is 0 Å². The molecule has 0 aliphatic heterocycles. The van der Waals surface area contributed by atoms with Crippen LogP contribution in [-0.2, 0) is 5.75 Å². The molecule has 0 fully saturated rings. The normalized spacial score (nSPS) is 10.3. The molecular weight excluding hydrogens is 364 g/mol. The summed E-state index contributed by atoms with van der Waals surface area (Å²) in [5.41, 5.74) is 3.64. The van der Waals surface area contributed by atoms with Crippen LogP contribution in [0.2, 0.25) is 0 Å². The van der Waals surface area contributed by atoms with Crippen LogP contribution in [0.5, 0.6) is 11.5 Å². The number of methoxy groups -OCH3 is 2. The van der Waals surface area contributed by atoms with E-state index in [0.717, 1.165) is 30.2 Å². The van der Waals surface area contributed by atoms with E-state index in [1.165, 1.54) is 11.1 Å². The Hall–Kier alpha value is -1.92. The van der Waals surface area contributed by atoms with Crippen LogP contribution < -0.4 is 20.1 Å². The van der Waals surface area contributed by atoms with Gasteiger partial charge in [0.2, 0.25) is 0 Å². The average Bonchev–Trinajstić information content (AvgIpc) is 2.65. The zero-order chi connectivity index (χ0) is 18.8. The Bertz CT molecular complexity index is 723. The van der Waals surface area contributed by atoms with Crippen molar-refractivity contribution in [2.75, 3.05) is 31.8 Å². The van der Waals surface area contributed by atoms with E-state index in [1.54, 1.807) is 14.2 Å². The van der Waals surface area contributed by atoms with E-state index in [4.69, 9.17) is 21.7 Å². The summed E-state index contributed by atoms with van der Waals surface area (Å²) in [5.74, 6) is 3.52. The molecule has 4 nitrogen and oxygen atoms in total. The largest absolute Gasteiger partial charge is 0.493 e. The summed E-state index contributed by atoms with van der Waals surface area (Å²) in [6.45, 7) is 3.01. The number of thiocarbonyl (C=S) groups is 1. The van der Waals surface area contributed by atoms with Crippen molar-refractivity contribution < 1.29 is 9.47 Å². The molecule has 2 aromatic rings. The average molecular weight is 391 g/mol. The minimum Gasteiger partial charge on any atom is -0.493 e. The Labute approximate surface area is 165 Å². The number of aryl methyl sites for hydroxylation is 1. The molecule has 0 spiro atoms. The maximum Gasteiger partial charge on any atom is 0.170 e. The Morgan fingerprint density at radius 1 is 1.08 bits per heavy atom. The highest BCUT2D eigenvalue weighted by Crippen LogP contribution is 2.29. The number of anilines is 1. The van der Waals surface area contributed by atoms with Crippen LogP contribution in [-0.4, -0.2) is 31.6 Å². The lowest BCUT2D eigenvalue weighted by atomic mass is 10.1. The first-order valence-electron chi connectivity index (χ1n) is 8.53. The van der Waals surface area contributed by atoms with Crippen LogP contribution in [0.1, 0.15) is 17.5 Å². The quantitative estimate of drug-likeness (QED) is 0.481. The summed E-state index contributed by atoms with van der Waals surface area (Å²) in [7, 11) is 3.24. The van der Waals surface area contributed by atoms with Crippen LogP contribution in [0.3, 0.4) is 0 Å². The second-order valence-electron chi connectivity index (χ2n) is 5.78. The highest BCUT2D eigenvalue weighted by molar-refractivity contribution is 7.98. The molecule has 0 radical (unpaired) electrons. The maximum atomic E-state index is 5.35. The Morgan fingerprint density at radius 2 is 1.85 bits per heavy atom. The number of hydrogen-bond acceptors (Lipinski definition) is 4. The third-order valence-corrected chi connectivity index (χ3v) is 5.25. The Morgan fingerprint density at radius 3 is 2.58 bits per heavy atom. The van der Waals surface area contributed by atoms with Crippen LogP contribution in [0.15, 0.2) is 42.5 Å². The molecule has 2 N–H and O–H groups in total. The molecule has 2 rings (SSSR count). The number of rotatable bonds is 9. The highest BCUT2D eigenvalue weighted by atomic mass is 32.2. The van der Waals surface area contributed by atoms with Crippen LogP contribution in [0.4, 0.5) is 5.69 Å². The second kappa shape index (κ2) is 10.9. The van der Waals surface area contributed by atoms with E-state index in [0.29, 0.717) is 16.6 Å². The topological polar surface area (TPSA) is 42.5 Å². The predicted octanol–water partition coefficient (Wildman–Crippen LogP) is 4.62. The van der Waals surface area contributed by atoms with Gasteiger partial charge < -0.3 is 20.1 Å². The zero-order valence-corrected chi connectivity index (χ0v) is 17.1. The molecule has 0 aliphatic rings. The molecule has 0 unspecified atom stereocenters. The fraction of sp³-hybridized carbons (Fsp3) is 0.350. The van der Waals surface area contributed by atoms with Gasteiger partial charge in [-0.15, -0.1) is 0 Å². The first kappa shape index (κ1) is 20.4. The molecule has 140 valence electrons. The first-order valence-corrected chi connectivity index (χ1v) is 10.1. The SMILES string of the molecule is COc1ccc(NC(=S)NCCCSCc2ccccc2C)cc1OC.